The first-order valence-electron chi connectivity index (χ1n) is 10.4. The predicted molar refractivity (Wildman–Crippen MR) is 111 cm³/mol. The van der Waals surface area contributed by atoms with Crippen LogP contribution >= 0.6 is 15.9 Å². The van der Waals surface area contributed by atoms with Crippen LogP contribution < -0.4 is 9.64 Å². The van der Waals surface area contributed by atoms with Gasteiger partial charge < -0.3 is 14.5 Å². The molecule has 4 aliphatic carbocycles. The van der Waals surface area contributed by atoms with Gasteiger partial charge in [0.15, 0.2) is 0 Å². The minimum Gasteiger partial charge on any atom is -0.497 e. The van der Waals surface area contributed by atoms with Crippen LogP contribution in [-0.4, -0.2) is 48.4 Å². The Balaban J connectivity index is 1.26. The summed E-state index contributed by atoms with van der Waals surface area (Å²) in [6.07, 6.45) is 7.24. The van der Waals surface area contributed by atoms with Crippen molar-refractivity contribution in [3.63, 3.8) is 0 Å². The van der Waals surface area contributed by atoms with Crippen molar-refractivity contribution in [2.75, 3.05) is 38.2 Å². The number of hydrogen-bond acceptors (Lipinski definition) is 3. The smallest absolute Gasteiger partial charge is 0.228 e. The number of piperazine rings is 1. The third-order valence-electron chi connectivity index (χ3n) is 7.45. The maximum Gasteiger partial charge on any atom is 0.228 e. The van der Waals surface area contributed by atoms with Crippen LogP contribution in [0.15, 0.2) is 24.3 Å². The fraction of sp³-hybridized carbons (Fsp3) is 0.682. The van der Waals surface area contributed by atoms with Crippen LogP contribution in [0.5, 0.6) is 5.75 Å². The molecule has 0 unspecified atom stereocenters. The molecular formula is C22H29BrN2O2. The maximum absolute atomic E-state index is 13.6. The molecule has 4 nitrogen and oxygen atoms in total. The van der Waals surface area contributed by atoms with Crippen LogP contribution in [0.25, 0.3) is 0 Å². The number of halogens is 1. The Kier molecular flexibility index (Phi) is 4.23. The van der Waals surface area contributed by atoms with Crippen molar-refractivity contribution in [3.8, 4) is 5.75 Å². The highest BCUT2D eigenvalue weighted by Crippen LogP contribution is 2.64. The molecule has 0 aromatic heterocycles. The normalized spacial score (nSPS) is 37.6. The van der Waals surface area contributed by atoms with Gasteiger partial charge in [-0.15, -0.1) is 0 Å². The second-order valence-corrected chi connectivity index (χ2v) is 11.1. The molecule has 0 N–H and O–H groups in total. The van der Waals surface area contributed by atoms with E-state index in [1.165, 1.54) is 24.9 Å². The molecule has 6 rings (SSSR count). The molecule has 1 aromatic carbocycles. The van der Waals surface area contributed by atoms with E-state index < -0.39 is 0 Å². The average molecular weight is 433 g/mol. The van der Waals surface area contributed by atoms with Crippen molar-refractivity contribution in [1.29, 1.82) is 0 Å². The highest BCUT2D eigenvalue weighted by molar-refractivity contribution is 9.10. The molecule has 1 amide bonds. The molecule has 146 valence electrons. The van der Waals surface area contributed by atoms with Crippen molar-refractivity contribution in [2.45, 2.75) is 42.8 Å². The highest BCUT2D eigenvalue weighted by Gasteiger charge is 2.60. The SMILES string of the molecule is COc1ccc(N2CCN(C(=O)C34C[C@H]5C[C@@H](CC(Br)(C5)C3)C4)CC2)cc1. The highest BCUT2D eigenvalue weighted by atomic mass is 79.9. The largest absolute Gasteiger partial charge is 0.497 e. The molecule has 1 heterocycles. The van der Waals surface area contributed by atoms with Gasteiger partial charge in [-0.05, 0) is 74.6 Å². The van der Waals surface area contributed by atoms with Crippen LogP contribution in [-0.2, 0) is 4.79 Å². The molecule has 5 aliphatic rings. The molecule has 1 saturated heterocycles. The Bertz CT molecular complexity index is 712. The Morgan fingerprint density at radius 3 is 2.22 bits per heavy atom. The first-order valence-corrected chi connectivity index (χ1v) is 11.2. The third-order valence-corrected chi connectivity index (χ3v) is 8.38. The van der Waals surface area contributed by atoms with E-state index in [0.29, 0.717) is 5.91 Å². The number of carbonyl (C=O) groups is 1. The number of rotatable bonds is 3. The van der Waals surface area contributed by atoms with Crippen molar-refractivity contribution < 1.29 is 9.53 Å². The predicted octanol–water partition coefficient (Wildman–Crippen LogP) is 4.08. The Hall–Kier alpha value is -1.23. The van der Waals surface area contributed by atoms with E-state index >= 15 is 0 Å². The van der Waals surface area contributed by atoms with E-state index in [1.54, 1.807) is 7.11 Å². The van der Waals surface area contributed by atoms with Gasteiger partial charge in [-0.3, -0.25) is 4.79 Å². The first kappa shape index (κ1) is 17.8. The standard InChI is InChI=1S/C22H29BrN2O2/c1-27-19-4-2-18(3-5-19)24-6-8-25(9-7-24)20(26)21-11-16-10-17(12-21)14-22(23,13-16)15-21/h2-5,16-17H,6-15H2,1H3/t16-,17-,21?,22?/m1/s1. The topological polar surface area (TPSA) is 32.8 Å². The van der Waals surface area contributed by atoms with Crippen LogP contribution in [0.2, 0.25) is 0 Å². The van der Waals surface area contributed by atoms with E-state index in [-0.39, 0.29) is 9.74 Å². The van der Waals surface area contributed by atoms with Gasteiger partial charge in [0, 0.05) is 36.2 Å². The second-order valence-electron chi connectivity index (χ2n) is 9.37. The second kappa shape index (κ2) is 6.40. The Morgan fingerprint density at radius 2 is 1.67 bits per heavy atom. The van der Waals surface area contributed by atoms with Gasteiger partial charge in [0.2, 0.25) is 5.91 Å². The zero-order valence-corrected chi connectivity index (χ0v) is 17.7. The summed E-state index contributed by atoms with van der Waals surface area (Å²) >= 11 is 4.05. The quantitative estimate of drug-likeness (QED) is 0.674. The molecular weight excluding hydrogens is 404 g/mol. The number of amides is 1. The summed E-state index contributed by atoms with van der Waals surface area (Å²) in [5.41, 5.74) is 1.15. The lowest BCUT2D eigenvalue weighted by Crippen LogP contribution is -2.61. The molecule has 0 spiro atoms. The van der Waals surface area contributed by atoms with Gasteiger partial charge in [0.1, 0.15) is 5.75 Å². The van der Waals surface area contributed by atoms with E-state index in [1.807, 2.05) is 12.1 Å². The molecule has 4 bridgehead atoms. The monoisotopic (exact) mass is 432 g/mol. The van der Waals surface area contributed by atoms with Crippen LogP contribution in [0, 0.1) is 17.3 Å². The number of ether oxygens (including phenoxy) is 1. The van der Waals surface area contributed by atoms with Crippen LogP contribution in [0.4, 0.5) is 5.69 Å². The van der Waals surface area contributed by atoms with Gasteiger partial charge in [-0.2, -0.15) is 0 Å². The number of hydrogen-bond donors (Lipinski definition) is 0. The summed E-state index contributed by atoms with van der Waals surface area (Å²) in [4.78, 5) is 18.1. The fourth-order valence-electron chi connectivity index (χ4n) is 6.70. The molecule has 2 atom stereocenters. The fourth-order valence-corrected chi connectivity index (χ4v) is 8.15. The molecule has 4 saturated carbocycles. The maximum atomic E-state index is 13.6. The molecule has 0 radical (unpaired) electrons. The Morgan fingerprint density at radius 1 is 1.04 bits per heavy atom. The summed E-state index contributed by atoms with van der Waals surface area (Å²) in [5.74, 6) is 2.86. The third kappa shape index (κ3) is 3.06. The lowest BCUT2D eigenvalue weighted by atomic mass is 9.49. The summed E-state index contributed by atoms with van der Waals surface area (Å²) in [6, 6.07) is 8.25. The lowest BCUT2D eigenvalue weighted by molar-refractivity contribution is -0.155. The number of alkyl halides is 1. The minimum absolute atomic E-state index is 0.0735. The summed E-state index contributed by atoms with van der Waals surface area (Å²) in [5, 5.41) is 0. The van der Waals surface area contributed by atoms with Crippen LogP contribution in [0.3, 0.4) is 0 Å². The van der Waals surface area contributed by atoms with Gasteiger partial charge >= 0.3 is 0 Å². The summed E-state index contributed by atoms with van der Waals surface area (Å²) in [7, 11) is 1.70. The van der Waals surface area contributed by atoms with Gasteiger partial charge in [-0.25, -0.2) is 0 Å². The van der Waals surface area contributed by atoms with Gasteiger partial charge in [-0.1, -0.05) is 15.9 Å². The molecule has 1 aliphatic heterocycles. The van der Waals surface area contributed by atoms with Crippen LogP contribution in [0.1, 0.15) is 38.5 Å². The molecule has 1 aromatic rings. The van der Waals surface area contributed by atoms with E-state index in [2.05, 4.69) is 37.9 Å². The zero-order valence-electron chi connectivity index (χ0n) is 16.1. The Labute approximate surface area is 170 Å². The van der Waals surface area contributed by atoms with Gasteiger partial charge in [0.05, 0.1) is 12.5 Å². The number of carbonyl (C=O) groups excluding carboxylic acids is 1. The number of methoxy groups -OCH3 is 1. The van der Waals surface area contributed by atoms with Crippen molar-refractivity contribution in [2.24, 2.45) is 17.3 Å². The molecule has 5 fully saturated rings. The minimum atomic E-state index is -0.0735. The van der Waals surface area contributed by atoms with Crippen molar-refractivity contribution in [3.05, 3.63) is 24.3 Å². The number of anilines is 1. The first-order chi connectivity index (χ1) is 13.0. The van der Waals surface area contributed by atoms with Crippen molar-refractivity contribution >= 4 is 27.5 Å². The van der Waals surface area contributed by atoms with E-state index in [4.69, 9.17) is 4.74 Å². The zero-order chi connectivity index (χ0) is 18.6. The van der Waals surface area contributed by atoms with E-state index in [9.17, 15) is 4.79 Å². The van der Waals surface area contributed by atoms with E-state index in [0.717, 1.165) is 63.0 Å². The molecule has 5 heteroatoms. The lowest BCUT2D eigenvalue weighted by Gasteiger charge is -2.60. The number of nitrogens with zero attached hydrogens (tertiary/aromatic N) is 2. The number of benzene rings is 1. The van der Waals surface area contributed by atoms with Gasteiger partial charge in [0.25, 0.3) is 0 Å². The summed E-state index contributed by atoms with van der Waals surface area (Å²) < 4.78 is 5.50. The average Bonchev–Trinajstić information content (AvgIpc) is 2.66. The van der Waals surface area contributed by atoms with Crippen molar-refractivity contribution in [1.82, 2.24) is 4.90 Å². The summed E-state index contributed by atoms with van der Waals surface area (Å²) in [6.45, 7) is 3.52. The molecule has 27 heavy (non-hydrogen) atoms.